The fourth-order valence-corrected chi connectivity index (χ4v) is 8.98. The average molecular weight is 1030 g/mol. The van der Waals surface area contributed by atoms with Crippen molar-refractivity contribution in [2.75, 3.05) is 46.1 Å². The zero-order valence-electron chi connectivity index (χ0n) is 41.2. The molecular weight excluding hydrogens is 973 g/mol. The van der Waals surface area contributed by atoms with Crippen LogP contribution in [-0.2, 0) is 34.0 Å². The summed E-state index contributed by atoms with van der Waals surface area (Å²) in [5.41, 5.74) is 5.41. The molecule has 0 bridgehead atoms. The normalized spacial score (nSPS) is 19.7. The maximum absolute atomic E-state index is 13.6. The lowest BCUT2D eigenvalue weighted by atomic mass is 9.63. The van der Waals surface area contributed by atoms with E-state index in [4.69, 9.17) is 34.5 Å². The number of nitrogens with two attached hydrogens (primary N) is 1. The van der Waals surface area contributed by atoms with Gasteiger partial charge in [0.05, 0.1) is 52.7 Å². The Bertz CT molecular complexity index is 3100. The van der Waals surface area contributed by atoms with E-state index in [1.165, 1.54) is 53.0 Å². The predicted molar refractivity (Wildman–Crippen MR) is 272 cm³/mol. The number of aliphatic hydroxyl groups excluding tert-OH is 4. The number of rotatable bonds is 16. The highest BCUT2D eigenvalue weighted by molar-refractivity contribution is 6.04. The van der Waals surface area contributed by atoms with Gasteiger partial charge in [-0.1, -0.05) is 84.9 Å². The number of hydrogen-bond acceptors (Lipinski definition) is 18. The number of aliphatic hydroxyl groups is 4. The van der Waals surface area contributed by atoms with Crippen LogP contribution in [0.3, 0.4) is 0 Å². The molecule has 7 atom stereocenters. The Morgan fingerprint density at radius 1 is 0.720 bits per heavy atom. The van der Waals surface area contributed by atoms with Gasteiger partial charge >= 0.3 is 23.3 Å². The van der Waals surface area contributed by atoms with Crippen molar-refractivity contribution in [1.29, 1.82) is 0 Å². The molecule has 75 heavy (non-hydrogen) atoms. The van der Waals surface area contributed by atoms with Crippen LogP contribution in [0.2, 0.25) is 0 Å². The highest BCUT2D eigenvalue weighted by Gasteiger charge is 2.54. The second-order valence-corrected chi connectivity index (χ2v) is 17.0. The topological polar surface area (TPSA) is 295 Å². The Balaban J connectivity index is 0.000000311. The summed E-state index contributed by atoms with van der Waals surface area (Å²) >= 11 is 0. The molecule has 0 saturated carbocycles. The van der Waals surface area contributed by atoms with Crippen LogP contribution in [0.4, 0.5) is 11.6 Å². The van der Waals surface area contributed by atoms with E-state index in [0.29, 0.717) is 39.3 Å². The Kier molecular flexibility index (Phi) is 17.9. The summed E-state index contributed by atoms with van der Waals surface area (Å²) < 4.78 is 35.1. The van der Waals surface area contributed by atoms with Gasteiger partial charge in [-0.2, -0.15) is 9.97 Å². The molecule has 2 fully saturated rings. The van der Waals surface area contributed by atoms with E-state index in [1.807, 2.05) is 66.7 Å². The predicted octanol–water partition coefficient (Wildman–Crippen LogP) is 3.40. The van der Waals surface area contributed by atoms with Crippen molar-refractivity contribution in [3.63, 3.8) is 0 Å². The number of methoxy groups -OCH3 is 4. The molecule has 21 heteroatoms. The van der Waals surface area contributed by atoms with E-state index >= 15 is 0 Å². The van der Waals surface area contributed by atoms with Gasteiger partial charge in [0.1, 0.15) is 53.9 Å². The molecule has 0 aliphatic carbocycles. The zero-order chi connectivity index (χ0) is 53.8. The molecule has 392 valence electrons. The van der Waals surface area contributed by atoms with Crippen molar-refractivity contribution in [2.24, 2.45) is 0 Å². The standard InChI is InChI=1S/C41H39N3O9.C13H17N3O6/c1-50-32-20-12-10-18-29(32)41(28-16-8-5-9-17-28,30-19-11-13-21-33(30)51-2)37(47)36-31(45)24-34(53-36)44-25-27(22-23-35(46)52-3)38(43-40(44)49)42-39(48)26-14-6-4-7-15-26;1-21-11(19)3-2-7-5-16(13(20)15-12(7)14)10-4-8(18)9(6-17)22-10/h4-23,25,31,34,36-37,45,47H,24H2,1-3H3,(H,42,43,48,49);2-3,5,8-10,17-18H,4,6H2,1H3,(H2,14,15,20)/b23-22+;3-2+/t31-,34+,36-,37?;8-,9+,10+/m00/s1. The SMILES string of the molecule is COC(=O)/C=C/c1cn([C@H]2C[C@H](O)[C@@H](C(O)C(c3ccccc3)(c3ccccc3OC)c3ccccc3OC)O2)c(=O)nc1NC(=O)c1ccccc1.COC(=O)/C=C/c1cn([C@H]2C[C@H](O)[C@@H](CO)O2)c(=O)nc1N. The lowest BCUT2D eigenvalue weighted by Crippen LogP contribution is -2.51. The highest BCUT2D eigenvalue weighted by atomic mass is 16.6. The number of carbonyl (C=O) groups excluding carboxylic acids is 3. The minimum atomic E-state index is -1.50. The summed E-state index contributed by atoms with van der Waals surface area (Å²) in [5, 5.41) is 46.0. The van der Waals surface area contributed by atoms with E-state index in [1.54, 1.807) is 42.5 Å². The van der Waals surface area contributed by atoms with E-state index in [0.717, 1.165) is 21.3 Å². The quantitative estimate of drug-likeness (QED) is 0.0460. The molecule has 0 spiro atoms. The van der Waals surface area contributed by atoms with Crippen molar-refractivity contribution in [2.45, 2.75) is 61.2 Å². The molecule has 7 N–H and O–H groups in total. The van der Waals surface area contributed by atoms with Crippen molar-refractivity contribution >= 4 is 41.6 Å². The molecule has 8 rings (SSSR count). The number of hydrogen-bond donors (Lipinski definition) is 6. The fraction of sp³-hybridized carbons (Fsp3) is 0.278. The number of anilines is 2. The van der Waals surface area contributed by atoms with Gasteiger partial charge in [-0.3, -0.25) is 13.9 Å². The molecule has 6 aromatic rings. The maximum atomic E-state index is 13.6. The Hall–Kier alpha value is -8.31. The number of amides is 1. The van der Waals surface area contributed by atoms with Gasteiger partial charge < -0.3 is 59.9 Å². The second-order valence-electron chi connectivity index (χ2n) is 17.0. The lowest BCUT2D eigenvalue weighted by molar-refractivity contribution is -0.135. The van der Waals surface area contributed by atoms with E-state index in [-0.39, 0.29) is 36.6 Å². The molecule has 2 aliphatic heterocycles. The Morgan fingerprint density at radius 2 is 1.21 bits per heavy atom. The summed E-state index contributed by atoms with van der Waals surface area (Å²) in [7, 11) is 5.53. The van der Waals surface area contributed by atoms with E-state index < -0.39 is 77.6 Å². The summed E-state index contributed by atoms with van der Waals surface area (Å²) in [6.07, 6.45) is 0.174. The number of carbonyl (C=O) groups is 3. The van der Waals surface area contributed by atoms with Gasteiger partial charge in [0.15, 0.2) is 0 Å². The molecule has 21 nitrogen and oxygen atoms in total. The summed E-state index contributed by atoms with van der Waals surface area (Å²) in [6.45, 7) is -0.357. The molecule has 2 saturated heterocycles. The number of benzene rings is 4. The Labute approximate surface area is 429 Å². The molecule has 4 heterocycles. The van der Waals surface area contributed by atoms with Crippen LogP contribution in [0, 0.1) is 0 Å². The van der Waals surface area contributed by atoms with Crippen LogP contribution in [0.15, 0.2) is 143 Å². The monoisotopic (exact) mass is 1030 g/mol. The lowest BCUT2D eigenvalue weighted by Gasteiger charge is -2.43. The number of ether oxygens (including phenoxy) is 6. The summed E-state index contributed by atoms with van der Waals surface area (Å²) in [5.74, 6) is -0.983. The van der Waals surface area contributed by atoms with Crippen molar-refractivity contribution < 1.29 is 63.2 Å². The number of aromatic nitrogens is 4. The van der Waals surface area contributed by atoms with E-state index in [9.17, 15) is 39.3 Å². The molecule has 4 aromatic carbocycles. The van der Waals surface area contributed by atoms with Gasteiger partial charge in [0, 0.05) is 65.2 Å². The smallest absolute Gasteiger partial charge is 0.351 e. The van der Waals surface area contributed by atoms with Crippen LogP contribution in [0.5, 0.6) is 11.5 Å². The van der Waals surface area contributed by atoms with Crippen LogP contribution in [-0.4, -0.2) is 123 Å². The van der Waals surface area contributed by atoms with Crippen molar-refractivity contribution in [3.05, 3.63) is 188 Å². The summed E-state index contributed by atoms with van der Waals surface area (Å²) in [6, 6.07) is 32.2. The van der Waals surface area contributed by atoms with Gasteiger partial charge in [-0.25, -0.2) is 19.2 Å². The van der Waals surface area contributed by atoms with Crippen molar-refractivity contribution in [1.82, 2.24) is 19.1 Å². The third-order valence-electron chi connectivity index (χ3n) is 12.6. The first-order valence-corrected chi connectivity index (χ1v) is 23.4. The molecular formula is C54H56N6O15. The number of nitrogens with one attached hydrogen (secondary N) is 1. The molecule has 1 unspecified atom stereocenters. The van der Waals surface area contributed by atoms with Crippen LogP contribution >= 0.6 is 0 Å². The Morgan fingerprint density at radius 3 is 1.76 bits per heavy atom. The first kappa shape index (κ1) is 54.5. The zero-order valence-corrected chi connectivity index (χ0v) is 41.2. The first-order chi connectivity index (χ1) is 36.2. The maximum Gasteiger partial charge on any atom is 0.351 e. The number of nitrogens with zero attached hydrogens (tertiary/aromatic N) is 4. The third-order valence-corrected chi connectivity index (χ3v) is 12.6. The minimum absolute atomic E-state index is 0.0429. The third kappa shape index (κ3) is 11.9. The summed E-state index contributed by atoms with van der Waals surface area (Å²) in [4.78, 5) is 69.5. The van der Waals surface area contributed by atoms with Gasteiger partial charge in [0.2, 0.25) is 0 Å². The number of esters is 2. The van der Waals surface area contributed by atoms with Gasteiger partial charge in [-0.15, -0.1) is 0 Å². The molecule has 2 aliphatic rings. The van der Waals surface area contributed by atoms with Gasteiger partial charge in [-0.05, 0) is 42.0 Å². The van der Waals surface area contributed by atoms with Gasteiger partial charge in [0.25, 0.3) is 5.91 Å². The molecule has 0 radical (unpaired) electrons. The fourth-order valence-electron chi connectivity index (χ4n) is 8.98. The van der Waals surface area contributed by atoms with Crippen LogP contribution in [0.1, 0.15) is 63.5 Å². The largest absolute Gasteiger partial charge is 0.496 e. The highest BCUT2D eigenvalue weighted by Crippen LogP contribution is 2.51. The molecule has 1 amide bonds. The second kappa shape index (κ2) is 24.6. The number of para-hydroxylation sites is 2. The first-order valence-electron chi connectivity index (χ1n) is 23.4. The average Bonchev–Trinajstić information content (AvgIpc) is 4.02. The number of nitrogen functional groups attached to an aromatic ring is 1. The van der Waals surface area contributed by atoms with Crippen LogP contribution < -0.4 is 31.9 Å². The van der Waals surface area contributed by atoms with Crippen LogP contribution in [0.25, 0.3) is 12.2 Å². The van der Waals surface area contributed by atoms with E-state index in [2.05, 4.69) is 20.0 Å². The molecule has 2 aromatic heterocycles. The van der Waals surface area contributed by atoms with Crippen molar-refractivity contribution in [3.8, 4) is 11.5 Å². The minimum Gasteiger partial charge on any atom is -0.496 e.